The Labute approximate surface area is 202 Å². The summed E-state index contributed by atoms with van der Waals surface area (Å²) in [6, 6.07) is 7.64. The lowest BCUT2D eigenvalue weighted by Gasteiger charge is -2.56. The predicted molar refractivity (Wildman–Crippen MR) is 132 cm³/mol. The van der Waals surface area contributed by atoms with Gasteiger partial charge in [-0.3, -0.25) is 9.59 Å². The summed E-state index contributed by atoms with van der Waals surface area (Å²) in [5, 5.41) is 3.29. The monoisotopic (exact) mass is 462 g/mol. The number of imidazole rings is 1. The van der Waals surface area contributed by atoms with Crippen molar-refractivity contribution in [3.05, 3.63) is 30.1 Å². The highest BCUT2D eigenvalue weighted by Gasteiger charge is 2.55. The van der Waals surface area contributed by atoms with Gasteiger partial charge in [0.25, 0.3) is 0 Å². The first-order valence-corrected chi connectivity index (χ1v) is 13.4. The Morgan fingerprint density at radius 2 is 1.76 bits per heavy atom. The van der Waals surface area contributed by atoms with Crippen LogP contribution in [0.15, 0.2) is 24.3 Å². The fraction of sp³-hybridized carbons (Fsp3) is 0.679. The zero-order valence-electron chi connectivity index (χ0n) is 20.6. The number of benzene rings is 1. The molecule has 6 nitrogen and oxygen atoms in total. The molecule has 0 spiro atoms. The highest BCUT2D eigenvalue weighted by Crippen LogP contribution is 2.60. The lowest BCUT2D eigenvalue weighted by atomic mass is 9.49. The average molecular weight is 463 g/mol. The smallest absolute Gasteiger partial charge is 0.245 e. The van der Waals surface area contributed by atoms with E-state index in [0.29, 0.717) is 6.54 Å². The molecule has 1 aliphatic heterocycles. The van der Waals surface area contributed by atoms with E-state index in [2.05, 4.69) is 24.1 Å². The molecule has 1 saturated heterocycles. The summed E-state index contributed by atoms with van der Waals surface area (Å²) >= 11 is 0. The van der Waals surface area contributed by atoms with Gasteiger partial charge in [0.15, 0.2) is 0 Å². The third-order valence-corrected chi connectivity index (χ3v) is 9.27. The molecule has 6 heteroatoms. The number of rotatable bonds is 5. The van der Waals surface area contributed by atoms with Gasteiger partial charge in [0.1, 0.15) is 11.9 Å². The number of para-hydroxylation sites is 2. The molecular formula is C28H38N4O2. The molecule has 182 valence electrons. The van der Waals surface area contributed by atoms with Gasteiger partial charge in [-0.15, -0.1) is 0 Å². The van der Waals surface area contributed by atoms with Crippen molar-refractivity contribution in [3.63, 3.8) is 0 Å². The number of fused-ring (bicyclic) bond motifs is 1. The number of carbonyl (C=O) groups is 2. The molecule has 2 unspecified atom stereocenters. The van der Waals surface area contributed by atoms with Crippen LogP contribution >= 0.6 is 0 Å². The standard InChI is InChI=1S/C28H38N4O2/c1-17(2)24(31-27(34)28-13-18-10-19(14-28)12-20(11-18)15-28)26(33)32-9-5-6-21(16-32)25-29-22-7-3-4-8-23(22)30-25/h3-4,7-8,17-21,24H,5-6,9-16H2,1-2H3,(H,29,30)(H,31,34). The van der Waals surface area contributed by atoms with Crippen LogP contribution in [0.1, 0.15) is 77.0 Å². The third-order valence-electron chi connectivity index (χ3n) is 9.27. The Morgan fingerprint density at radius 3 is 2.41 bits per heavy atom. The number of amides is 2. The molecule has 2 heterocycles. The van der Waals surface area contributed by atoms with E-state index in [1.807, 2.05) is 29.2 Å². The first kappa shape index (κ1) is 22.1. The summed E-state index contributed by atoms with van der Waals surface area (Å²) in [5.74, 6) is 3.63. The zero-order chi connectivity index (χ0) is 23.4. The molecule has 4 bridgehead atoms. The maximum absolute atomic E-state index is 13.7. The lowest BCUT2D eigenvalue weighted by Crippen LogP contribution is -2.59. The molecule has 7 rings (SSSR count). The Balaban J connectivity index is 1.16. The number of carbonyl (C=O) groups excluding carboxylic acids is 2. The fourth-order valence-corrected chi connectivity index (χ4v) is 7.96. The summed E-state index contributed by atoms with van der Waals surface area (Å²) in [4.78, 5) is 37.7. The number of nitrogens with zero attached hydrogens (tertiary/aromatic N) is 2. The van der Waals surface area contributed by atoms with Crippen molar-refractivity contribution in [2.24, 2.45) is 29.1 Å². The zero-order valence-corrected chi connectivity index (χ0v) is 20.6. The van der Waals surface area contributed by atoms with Gasteiger partial charge < -0.3 is 15.2 Å². The van der Waals surface area contributed by atoms with Crippen LogP contribution in [0.3, 0.4) is 0 Å². The minimum atomic E-state index is -0.449. The van der Waals surface area contributed by atoms with Crippen molar-refractivity contribution in [1.29, 1.82) is 0 Å². The molecule has 4 saturated carbocycles. The molecule has 2 N–H and O–H groups in total. The topological polar surface area (TPSA) is 78.1 Å². The normalized spacial score (nSPS) is 33.4. The van der Waals surface area contributed by atoms with Gasteiger partial charge in [-0.25, -0.2) is 4.98 Å². The van der Waals surface area contributed by atoms with Gasteiger partial charge in [0.2, 0.25) is 11.8 Å². The SMILES string of the molecule is CC(C)C(NC(=O)C12CC3CC(CC(C3)C1)C2)C(=O)N1CCCC(c2nc3ccccc3[nH]2)C1. The molecule has 2 aromatic rings. The minimum absolute atomic E-state index is 0.0666. The number of piperidine rings is 1. The Kier molecular flexibility index (Phi) is 5.45. The Bertz CT molecular complexity index is 1020. The average Bonchev–Trinajstić information content (AvgIpc) is 3.25. The van der Waals surface area contributed by atoms with Crippen LogP contribution in [0.25, 0.3) is 11.0 Å². The largest absolute Gasteiger partial charge is 0.344 e. The van der Waals surface area contributed by atoms with E-state index in [-0.39, 0.29) is 29.1 Å². The van der Waals surface area contributed by atoms with E-state index in [9.17, 15) is 9.59 Å². The molecule has 2 atom stereocenters. The Morgan fingerprint density at radius 1 is 1.09 bits per heavy atom. The van der Waals surface area contributed by atoms with Crippen molar-refractivity contribution in [2.45, 2.75) is 77.2 Å². The van der Waals surface area contributed by atoms with Gasteiger partial charge in [0.05, 0.1) is 11.0 Å². The van der Waals surface area contributed by atoms with Crippen LogP contribution in [-0.4, -0.2) is 45.8 Å². The van der Waals surface area contributed by atoms with Crippen LogP contribution in [0.4, 0.5) is 0 Å². The van der Waals surface area contributed by atoms with Crippen molar-refractivity contribution in [1.82, 2.24) is 20.2 Å². The molecule has 4 aliphatic carbocycles. The Hall–Kier alpha value is -2.37. The van der Waals surface area contributed by atoms with Crippen LogP contribution in [0.2, 0.25) is 0 Å². The van der Waals surface area contributed by atoms with E-state index in [1.165, 1.54) is 19.3 Å². The number of hydrogen-bond acceptors (Lipinski definition) is 3. The second kappa shape index (κ2) is 8.39. The first-order chi connectivity index (χ1) is 16.4. The first-order valence-electron chi connectivity index (χ1n) is 13.4. The van der Waals surface area contributed by atoms with Crippen LogP contribution < -0.4 is 5.32 Å². The second-order valence-electron chi connectivity index (χ2n) is 12.2. The van der Waals surface area contributed by atoms with Gasteiger partial charge >= 0.3 is 0 Å². The molecule has 5 aliphatic rings. The van der Waals surface area contributed by atoms with Gasteiger partial charge in [-0.2, -0.15) is 0 Å². The van der Waals surface area contributed by atoms with E-state index >= 15 is 0 Å². The van der Waals surface area contributed by atoms with Crippen molar-refractivity contribution < 1.29 is 9.59 Å². The number of aromatic nitrogens is 2. The summed E-state index contributed by atoms with van der Waals surface area (Å²) < 4.78 is 0. The summed E-state index contributed by atoms with van der Waals surface area (Å²) in [6.07, 6.45) is 9.02. The molecule has 1 aromatic carbocycles. The number of nitrogens with one attached hydrogen (secondary N) is 2. The highest BCUT2D eigenvalue weighted by atomic mass is 16.2. The molecule has 5 fully saturated rings. The third kappa shape index (κ3) is 3.83. The molecule has 1 aromatic heterocycles. The van der Waals surface area contributed by atoms with Crippen LogP contribution in [-0.2, 0) is 9.59 Å². The van der Waals surface area contributed by atoms with E-state index in [1.54, 1.807) is 0 Å². The number of aromatic amines is 1. The second-order valence-corrected chi connectivity index (χ2v) is 12.2. The fourth-order valence-electron chi connectivity index (χ4n) is 7.96. The molecule has 34 heavy (non-hydrogen) atoms. The maximum atomic E-state index is 13.7. The number of H-pyrrole nitrogens is 1. The number of hydrogen-bond donors (Lipinski definition) is 2. The summed E-state index contributed by atoms with van der Waals surface area (Å²) in [6.45, 7) is 5.54. The highest BCUT2D eigenvalue weighted by molar-refractivity contribution is 5.90. The van der Waals surface area contributed by atoms with Crippen LogP contribution in [0.5, 0.6) is 0 Å². The van der Waals surface area contributed by atoms with Crippen molar-refractivity contribution >= 4 is 22.8 Å². The lowest BCUT2D eigenvalue weighted by molar-refractivity contribution is -0.151. The maximum Gasteiger partial charge on any atom is 0.245 e. The minimum Gasteiger partial charge on any atom is -0.344 e. The van der Waals surface area contributed by atoms with Gasteiger partial charge in [-0.05, 0) is 87.2 Å². The van der Waals surface area contributed by atoms with Crippen LogP contribution in [0, 0.1) is 29.1 Å². The predicted octanol–water partition coefficient (Wildman–Crippen LogP) is 4.63. The molecule has 2 amide bonds. The van der Waals surface area contributed by atoms with Gasteiger partial charge in [-0.1, -0.05) is 26.0 Å². The number of likely N-dealkylation sites (tertiary alicyclic amines) is 1. The van der Waals surface area contributed by atoms with E-state index in [4.69, 9.17) is 4.98 Å². The molecule has 0 radical (unpaired) electrons. The molecular weight excluding hydrogens is 424 g/mol. The van der Waals surface area contributed by atoms with Crippen molar-refractivity contribution in [3.8, 4) is 0 Å². The van der Waals surface area contributed by atoms with E-state index < -0.39 is 6.04 Å². The van der Waals surface area contributed by atoms with E-state index in [0.717, 1.165) is 73.3 Å². The van der Waals surface area contributed by atoms with Crippen molar-refractivity contribution in [2.75, 3.05) is 13.1 Å². The summed E-state index contributed by atoms with van der Waals surface area (Å²) in [5.41, 5.74) is 1.80. The quantitative estimate of drug-likeness (QED) is 0.680. The summed E-state index contributed by atoms with van der Waals surface area (Å²) in [7, 11) is 0. The van der Waals surface area contributed by atoms with Gasteiger partial charge in [0, 0.05) is 24.4 Å².